The highest BCUT2D eigenvalue weighted by Crippen LogP contribution is 2.41. The fourth-order valence-electron chi connectivity index (χ4n) is 3.56. The first-order valence-electron chi connectivity index (χ1n) is 8.72. The van der Waals surface area contributed by atoms with E-state index in [0.29, 0.717) is 11.8 Å². The van der Waals surface area contributed by atoms with Crippen LogP contribution in [0.2, 0.25) is 0 Å². The molecule has 0 radical (unpaired) electrons. The summed E-state index contributed by atoms with van der Waals surface area (Å²) in [5, 5.41) is 2.73. The molecule has 24 heavy (non-hydrogen) atoms. The number of fused-ring (bicyclic) bond motifs is 1. The van der Waals surface area contributed by atoms with Gasteiger partial charge in [0.1, 0.15) is 0 Å². The quantitative estimate of drug-likeness (QED) is 0.376. The van der Waals surface area contributed by atoms with Crippen LogP contribution in [0, 0.1) is 10.5 Å². The molecular weight excluding hydrogens is 403 g/mol. The molecule has 0 N–H and O–H groups in total. The highest BCUT2D eigenvalue weighted by atomic mass is 127. The van der Waals surface area contributed by atoms with E-state index in [4.69, 9.17) is 0 Å². The van der Waals surface area contributed by atoms with E-state index < -0.39 is 0 Å². The average Bonchev–Trinajstić information content (AvgIpc) is 2.57. The molecule has 3 aromatic rings. The Morgan fingerprint density at radius 1 is 0.750 bits per heavy atom. The van der Waals surface area contributed by atoms with Gasteiger partial charge in [-0.05, 0) is 86.0 Å². The number of halogens is 1. The smallest absolute Gasteiger partial charge is 0.0172 e. The van der Waals surface area contributed by atoms with Crippen LogP contribution in [-0.2, 0) is 0 Å². The van der Waals surface area contributed by atoms with Gasteiger partial charge in [0, 0.05) is 3.57 Å². The molecular formula is C23H25I. The molecule has 0 aliphatic rings. The Balaban J connectivity index is 2.46. The highest BCUT2D eigenvalue weighted by Gasteiger charge is 2.18. The Morgan fingerprint density at radius 2 is 1.29 bits per heavy atom. The fourth-order valence-corrected chi connectivity index (χ4v) is 4.16. The average molecular weight is 428 g/mol. The molecule has 0 fully saturated rings. The van der Waals surface area contributed by atoms with Crippen LogP contribution in [0.5, 0.6) is 0 Å². The van der Waals surface area contributed by atoms with Crippen molar-refractivity contribution in [2.75, 3.05) is 0 Å². The molecule has 0 aliphatic carbocycles. The molecule has 3 aromatic carbocycles. The molecule has 0 amide bonds. The molecule has 0 heterocycles. The van der Waals surface area contributed by atoms with Crippen molar-refractivity contribution >= 4 is 33.4 Å². The van der Waals surface area contributed by atoms with Gasteiger partial charge in [0.25, 0.3) is 0 Å². The predicted octanol–water partition coefficient (Wildman–Crippen LogP) is 7.67. The lowest BCUT2D eigenvalue weighted by atomic mass is 9.83. The summed E-state index contributed by atoms with van der Waals surface area (Å²) < 4.78 is 1.34. The first-order chi connectivity index (χ1) is 11.4. The van der Waals surface area contributed by atoms with Crippen LogP contribution < -0.4 is 0 Å². The lowest BCUT2D eigenvalue weighted by Crippen LogP contribution is -2.01. The van der Waals surface area contributed by atoms with Crippen molar-refractivity contribution in [2.45, 2.75) is 46.5 Å². The van der Waals surface area contributed by atoms with E-state index in [1.807, 2.05) is 0 Å². The molecule has 3 rings (SSSR count). The molecule has 0 saturated carbocycles. The van der Waals surface area contributed by atoms with Crippen molar-refractivity contribution in [1.29, 1.82) is 0 Å². The Labute approximate surface area is 159 Å². The zero-order valence-corrected chi connectivity index (χ0v) is 17.3. The molecule has 124 valence electrons. The molecule has 1 heteroatoms. The number of aryl methyl sites for hydroxylation is 1. The number of benzene rings is 3. The summed E-state index contributed by atoms with van der Waals surface area (Å²) in [6.45, 7) is 11.4. The van der Waals surface area contributed by atoms with Crippen molar-refractivity contribution in [3.8, 4) is 11.1 Å². The third-order valence-electron chi connectivity index (χ3n) is 4.89. The molecule has 0 atom stereocenters. The van der Waals surface area contributed by atoms with E-state index in [9.17, 15) is 0 Å². The summed E-state index contributed by atoms with van der Waals surface area (Å²) in [5.74, 6) is 1.02. The minimum Gasteiger partial charge on any atom is -0.0617 e. The number of hydrogen-bond donors (Lipinski definition) is 0. The molecule has 0 unspecified atom stereocenters. The summed E-state index contributed by atoms with van der Waals surface area (Å²) in [5.41, 5.74) is 7.10. The maximum Gasteiger partial charge on any atom is 0.0172 e. The van der Waals surface area contributed by atoms with Crippen molar-refractivity contribution in [3.05, 3.63) is 68.8 Å². The van der Waals surface area contributed by atoms with Crippen LogP contribution in [0.3, 0.4) is 0 Å². The van der Waals surface area contributed by atoms with Gasteiger partial charge < -0.3 is 0 Å². The molecule has 0 saturated heterocycles. The van der Waals surface area contributed by atoms with Crippen LogP contribution in [0.4, 0.5) is 0 Å². The van der Waals surface area contributed by atoms with Crippen LogP contribution >= 0.6 is 22.6 Å². The van der Waals surface area contributed by atoms with Gasteiger partial charge in [-0.2, -0.15) is 0 Å². The van der Waals surface area contributed by atoms with Crippen molar-refractivity contribution in [1.82, 2.24) is 0 Å². The first-order valence-corrected chi connectivity index (χ1v) is 9.80. The largest absolute Gasteiger partial charge is 0.0617 e. The van der Waals surface area contributed by atoms with Gasteiger partial charge in [0.05, 0.1) is 0 Å². The van der Waals surface area contributed by atoms with Crippen molar-refractivity contribution in [3.63, 3.8) is 0 Å². The molecule has 0 spiro atoms. The SMILES string of the molecule is Cc1c(I)cc(-c2c(C(C)C)cccc2C(C)C)c2ccccc12. The van der Waals surface area contributed by atoms with E-state index in [-0.39, 0.29) is 0 Å². The Hall–Kier alpha value is -1.35. The van der Waals surface area contributed by atoms with Gasteiger partial charge >= 0.3 is 0 Å². The Bertz CT molecular complexity index is 862. The van der Waals surface area contributed by atoms with Crippen LogP contribution in [-0.4, -0.2) is 0 Å². The second kappa shape index (κ2) is 6.87. The fraction of sp³-hybridized carbons (Fsp3) is 0.304. The second-order valence-corrected chi connectivity index (χ2v) is 8.36. The zero-order chi connectivity index (χ0) is 17.4. The van der Waals surface area contributed by atoms with Crippen LogP contribution in [0.25, 0.3) is 21.9 Å². The van der Waals surface area contributed by atoms with Crippen molar-refractivity contribution in [2.24, 2.45) is 0 Å². The van der Waals surface area contributed by atoms with Gasteiger partial charge in [-0.15, -0.1) is 0 Å². The van der Waals surface area contributed by atoms with Crippen LogP contribution in [0.1, 0.15) is 56.2 Å². The van der Waals surface area contributed by atoms with E-state index >= 15 is 0 Å². The minimum absolute atomic E-state index is 0.511. The highest BCUT2D eigenvalue weighted by molar-refractivity contribution is 14.1. The lowest BCUT2D eigenvalue weighted by Gasteiger charge is -2.22. The maximum atomic E-state index is 2.48. The predicted molar refractivity (Wildman–Crippen MR) is 115 cm³/mol. The van der Waals surface area contributed by atoms with Gasteiger partial charge in [0.15, 0.2) is 0 Å². The third-order valence-corrected chi connectivity index (χ3v) is 6.01. The van der Waals surface area contributed by atoms with Gasteiger partial charge in [-0.25, -0.2) is 0 Å². The number of hydrogen-bond acceptors (Lipinski definition) is 0. The van der Waals surface area contributed by atoms with E-state index in [1.165, 1.54) is 42.2 Å². The summed E-state index contributed by atoms with van der Waals surface area (Å²) >= 11 is 2.48. The Morgan fingerprint density at radius 3 is 1.83 bits per heavy atom. The van der Waals surface area contributed by atoms with Crippen molar-refractivity contribution < 1.29 is 0 Å². The molecule has 0 aromatic heterocycles. The van der Waals surface area contributed by atoms with Gasteiger partial charge in [-0.3, -0.25) is 0 Å². The first kappa shape index (κ1) is 17.5. The lowest BCUT2D eigenvalue weighted by molar-refractivity contribution is 0.838. The second-order valence-electron chi connectivity index (χ2n) is 7.20. The molecule has 0 bridgehead atoms. The zero-order valence-electron chi connectivity index (χ0n) is 15.2. The summed E-state index contributed by atoms with van der Waals surface area (Å²) in [6.07, 6.45) is 0. The normalized spacial score (nSPS) is 11.7. The van der Waals surface area contributed by atoms with Gasteiger partial charge in [-0.1, -0.05) is 70.2 Å². The molecule has 0 nitrogen and oxygen atoms in total. The molecule has 0 aliphatic heterocycles. The van der Waals surface area contributed by atoms with Gasteiger partial charge in [0.2, 0.25) is 0 Å². The van der Waals surface area contributed by atoms with E-state index in [2.05, 4.69) is 106 Å². The third kappa shape index (κ3) is 2.99. The van der Waals surface area contributed by atoms with Crippen LogP contribution in [0.15, 0.2) is 48.5 Å². The minimum atomic E-state index is 0.511. The summed E-state index contributed by atoms with van der Waals surface area (Å²) in [4.78, 5) is 0. The maximum absolute atomic E-state index is 2.48. The topological polar surface area (TPSA) is 0 Å². The van der Waals surface area contributed by atoms with E-state index in [1.54, 1.807) is 0 Å². The number of rotatable bonds is 3. The standard InChI is InChI=1S/C23H25I/c1-14(2)17-11-8-12-18(15(3)4)23(17)21-13-22(24)16(5)19-9-6-7-10-20(19)21/h6-15H,1-5H3. The van der Waals surface area contributed by atoms with E-state index in [0.717, 1.165) is 0 Å². The summed E-state index contributed by atoms with van der Waals surface area (Å²) in [6, 6.07) is 18.0. The monoisotopic (exact) mass is 428 g/mol. The Kier molecular flexibility index (Phi) is 5.00. The summed E-state index contributed by atoms with van der Waals surface area (Å²) in [7, 11) is 0.